The van der Waals surface area contributed by atoms with Crippen LogP contribution >= 0.6 is 0 Å². The van der Waals surface area contributed by atoms with Gasteiger partial charge in [-0.25, -0.2) is 10.4 Å². The van der Waals surface area contributed by atoms with Gasteiger partial charge in [-0.3, -0.25) is 0 Å². The van der Waals surface area contributed by atoms with E-state index in [4.69, 9.17) is 4.74 Å². The zero-order chi connectivity index (χ0) is 5.98. The fourth-order valence-electron chi connectivity index (χ4n) is 0.735. The first-order valence-electron chi connectivity index (χ1n) is 2.68. The van der Waals surface area contributed by atoms with Crippen molar-refractivity contribution >= 4 is 0 Å². The molecule has 0 aromatic heterocycles. The molecule has 8 heavy (non-hydrogen) atoms. The first kappa shape index (κ1) is 6.01. The first-order valence-corrected chi connectivity index (χ1v) is 2.68. The lowest BCUT2D eigenvalue weighted by atomic mass is 10.4. The minimum atomic E-state index is 0.194. The second-order valence-electron chi connectivity index (χ2n) is 1.88. The molecule has 0 amide bonds. The molecule has 1 heterocycles. The Morgan fingerprint density at radius 3 is 2.88 bits per heavy atom. The van der Waals surface area contributed by atoms with Gasteiger partial charge in [0.1, 0.15) is 6.23 Å². The molecular weight excluding hydrogens is 104 g/mol. The molecule has 1 aliphatic rings. The van der Waals surface area contributed by atoms with Crippen molar-refractivity contribution in [3.8, 4) is 0 Å². The number of hydrazine groups is 1. The predicted octanol–water partition coefficient (Wildman–Crippen LogP) is -0.0392. The van der Waals surface area contributed by atoms with E-state index in [1.807, 2.05) is 18.6 Å². The van der Waals surface area contributed by atoms with Gasteiger partial charge in [-0.05, 0) is 0 Å². The van der Waals surface area contributed by atoms with Crippen molar-refractivity contribution in [1.29, 1.82) is 0 Å². The van der Waals surface area contributed by atoms with E-state index in [1.165, 1.54) is 0 Å². The molecule has 1 radical (unpaired) electrons. The van der Waals surface area contributed by atoms with Crippen LogP contribution in [0, 0.1) is 6.54 Å². The minimum absolute atomic E-state index is 0.194. The molecule has 1 rings (SSSR count). The highest BCUT2D eigenvalue weighted by atomic mass is 16.5. The summed E-state index contributed by atoms with van der Waals surface area (Å²) in [6, 6.07) is 0. The summed E-state index contributed by atoms with van der Waals surface area (Å²) in [7, 11) is 3.66. The molecule has 0 spiro atoms. The maximum Gasteiger partial charge on any atom is 0.121 e. The third-order valence-electron chi connectivity index (χ3n) is 1.23. The van der Waals surface area contributed by atoms with Crippen LogP contribution in [0.5, 0.6) is 0 Å². The first-order chi connectivity index (χ1) is 3.83. The highest BCUT2D eigenvalue weighted by Gasteiger charge is 2.16. The fourth-order valence-corrected chi connectivity index (χ4v) is 0.735. The van der Waals surface area contributed by atoms with Crippen LogP contribution in [-0.4, -0.2) is 25.4 Å². The topological polar surface area (TPSA) is 24.5 Å². The van der Waals surface area contributed by atoms with Crippen LogP contribution in [0.15, 0.2) is 0 Å². The highest BCUT2D eigenvalue weighted by molar-refractivity contribution is 4.74. The van der Waals surface area contributed by atoms with Crippen LogP contribution in [0.2, 0.25) is 0 Å². The summed E-state index contributed by atoms with van der Waals surface area (Å²) in [5.74, 6) is 0. The van der Waals surface area contributed by atoms with Gasteiger partial charge in [-0.15, -0.1) is 0 Å². The number of rotatable bonds is 1. The molecule has 1 fully saturated rings. The van der Waals surface area contributed by atoms with E-state index < -0.39 is 0 Å². The van der Waals surface area contributed by atoms with E-state index in [2.05, 4.69) is 5.43 Å². The molecule has 0 aromatic rings. The van der Waals surface area contributed by atoms with Crippen LogP contribution in [0.4, 0.5) is 0 Å². The quantitative estimate of drug-likeness (QED) is 0.519. The molecule has 0 aliphatic carbocycles. The monoisotopic (exact) mass is 115 g/mol. The lowest BCUT2D eigenvalue weighted by Gasteiger charge is -2.09. The standard InChI is InChI=1S/C5H11N2O/c1-7-4-3-5(6-7)8-2/h4-6H,3H2,1-2H3. The van der Waals surface area contributed by atoms with Crippen molar-refractivity contribution in [2.75, 3.05) is 14.2 Å². The normalized spacial score (nSPS) is 31.5. The second-order valence-corrected chi connectivity index (χ2v) is 1.88. The van der Waals surface area contributed by atoms with Gasteiger partial charge in [-0.1, -0.05) is 0 Å². The molecule has 1 aliphatic heterocycles. The Kier molecular flexibility index (Phi) is 1.83. The maximum atomic E-state index is 5.00. The number of hydrogen-bond donors (Lipinski definition) is 1. The second kappa shape index (κ2) is 2.44. The third-order valence-corrected chi connectivity index (χ3v) is 1.23. The maximum absolute atomic E-state index is 5.00. The number of methoxy groups -OCH3 is 1. The molecule has 1 N–H and O–H groups in total. The summed E-state index contributed by atoms with van der Waals surface area (Å²) in [5, 5.41) is 1.91. The molecule has 47 valence electrons. The number of nitrogens with one attached hydrogen (secondary N) is 1. The fraction of sp³-hybridized carbons (Fsp3) is 0.800. The number of ether oxygens (including phenoxy) is 1. The van der Waals surface area contributed by atoms with E-state index in [0.29, 0.717) is 0 Å². The summed E-state index contributed by atoms with van der Waals surface area (Å²) in [4.78, 5) is 0. The van der Waals surface area contributed by atoms with E-state index in [1.54, 1.807) is 7.11 Å². The van der Waals surface area contributed by atoms with Crippen LogP contribution in [0.3, 0.4) is 0 Å². The van der Waals surface area contributed by atoms with Gasteiger partial charge in [-0.2, -0.15) is 0 Å². The Bertz CT molecular complexity index is 76.8. The highest BCUT2D eigenvalue weighted by Crippen LogP contribution is 2.06. The zero-order valence-electron chi connectivity index (χ0n) is 5.22. The van der Waals surface area contributed by atoms with E-state index in [0.717, 1.165) is 6.42 Å². The SMILES string of the molecule is COC1C[CH]N(C)N1. The van der Waals surface area contributed by atoms with Gasteiger partial charge in [0.05, 0.1) is 0 Å². The van der Waals surface area contributed by atoms with E-state index in [9.17, 15) is 0 Å². The summed E-state index contributed by atoms with van der Waals surface area (Å²) in [6.45, 7) is 2.05. The molecular formula is C5H11N2O. The Morgan fingerprint density at radius 1 is 1.88 bits per heavy atom. The van der Waals surface area contributed by atoms with Gasteiger partial charge < -0.3 is 4.74 Å². The van der Waals surface area contributed by atoms with Gasteiger partial charge in [0.2, 0.25) is 0 Å². The van der Waals surface area contributed by atoms with Gasteiger partial charge >= 0.3 is 0 Å². The van der Waals surface area contributed by atoms with Crippen LogP contribution in [0.1, 0.15) is 6.42 Å². The van der Waals surface area contributed by atoms with Crippen molar-refractivity contribution < 1.29 is 4.74 Å². The van der Waals surface area contributed by atoms with Crippen molar-refractivity contribution in [2.24, 2.45) is 0 Å². The van der Waals surface area contributed by atoms with Crippen molar-refractivity contribution in [3.05, 3.63) is 6.54 Å². The van der Waals surface area contributed by atoms with E-state index in [-0.39, 0.29) is 6.23 Å². The van der Waals surface area contributed by atoms with Crippen molar-refractivity contribution in [3.63, 3.8) is 0 Å². The average molecular weight is 115 g/mol. The molecule has 3 nitrogen and oxygen atoms in total. The molecule has 1 unspecified atom stereocenters. The molecule has 0 aromatic carbocycles. The lowest BCUT2D eigenvalue weighted by Crippen LogP contribution is -2.32. The smallest absolute Gasteiger partial charge is 0.121 e. The summed E-state index contributed by atoms with van der Waals surface area (Å²) in [6.07, 6.45) is 1.16. The third kappa shape index (κ3) is 1.18. The van der Waals surface area contributed by atoms with Gasteiger partial charge in [0, 0.05) is 27.1 Å². The lowest BCUT2D eigenvalue weighted by molar-refractivity contribution is 0.0637. The molecule has 0 bridgehead atoms. The van der Waals surface area contributed by atoms with Crippen molar-refractivity contribution in [2.45, 2.75) is 12.6 Å². The van der Waals surface area contributed by atoms with Crippen LogP contribution in [-0.2, 0) is 4.74 Å². The number of nitrogens with zero attached hydrogens (tertiary/aromatic N) is 1. The summed E-state index contributed by atoms with van der Waals surface area (Å²) in [5.41, 5.74) is 3.06. The molecule has 1 atom stereocenters. The Morgan fingerprint density at radius 2 is 2.62 bits per heavy atom. The van der Waals surface area contributed by atoms with Crippen LogP contribution < -0.4 is 5.43 Å². The van der Waals surface area contributed by atoms with E-state index >= 15 is 0 Å². The Labute approximate surface area is 49.6 Å². The largest absolute Gasteiger partial charge is 0.365 e. The average Bonchev–Trinajstić information content (AvgIpc) is 2.14. The zero-order valence-corrected chi connectivity index (χ0v) is 5.22. The van der Waals surface area contributed by atoms with Crippen LogP contribution in [0.25, 0.3) is 0 Å². The van der Waals surface area contributed by atoms with Gasteiger partial charge in [0.25, 0.3) is 0 Å². The predicted molar refractivity (Wildman–Crippen MR) is 30.6 cm³/mol. The molecule has 3 heteroatoms. The summed E-state index contributed by atoms with van der Waals surface area (Å²) >= 11 is 0. The minimum Gasteiger partial charge on any atom is -0.365 e. The molecule has 1 saturated heterocycles. The van der Waals surface area contributed by atoms with Gasteiger partial charge in [0.15, 0.2) is 0 Å². The Balaban J connectivity index is 2.22. The van der Waals surface area contributed by atoms with Crippen molar-refractivity contribution in [1.82, 2.24) is 10.4 Å². The number of hydrogen-bond acceptors (Lipinski definition) is 3. The Hall–Kier alpha value is -0.120. The molecule has 0 saturated carbocycles. The summed E-state index contributed by atoms with van der Waals surface area (Å²) < 4.78 is 5.00.